The largest absolute Gasteiger partial charge is 0.494 e. The molecule has 1 aliphatic rings. The fourth-order valence-electron chi connectivity index (χ4n) is 3.01. The third-order valence-corrected chi connectivity index (χ3v) is 4.36. The number of nitriles is 1. The monoisotopic (exact) mass is 376 g/mol. The average Bonchev–Trinajstić information content (AvgIpc) is 3.15. The molecule has 0 atom stereocenters. The first-order valence-corrected chi connectivity index (χ1v) is 9.02. The molecule has 0 saturated carbocycles. The van der Waals surface area contributed by atoms with Crippen molar-refractivity contribution < 1.29 is 19.1 Å². The Balaban J connectivity index is 1.61. The standard InChI is InChI=1S/C22H20N2O4/c1-2-27-19-9-7-16(8-10-19)13-18(14-23)22(26)28-15-21(25)24-12-11-17-5-3-4-6-20(17)24/h3-10,13H,2,11-12,15H2,1H3/b18-13+. The lowest BCUT2D eigenvalue weighted by Gasteiger charge is -2.17. The van der Waals surface area contributed by atoms with Gasteiger partial charge in [-0.05, 0) is 48.7 Å². The number of nitrogens with zero attached hydrogens (tertiary/aromatic N) is 2. The van der Waals surface area contributed by atoms with Crippen molar-refractivity contribution in [3.8, 4) is 11.8 Å². The van der Waals surface area contributed by atoms with Gasteiger partial charge in [0.15, 0.2) is 6.61 Å². The second kappa shape index (κ2) is 8.87. The molecule has 0 bridgehead atoms. The van der Waals surface area contributed by atoms with Crippen molar-refractivity contribution in [1.29, 1.82) is 5.26 Å². The van der Waals surface area contributed by atoms with E-state index < -0.39 is 12.6 Å². The summed E-state index contributed by atoms with van der Waals surface area (Å²) in [6, 6.07) is 16.5. The van der Waals surface area contributed by atoms with Gasteiger partial charge in [-0.25, -0.2) is 4.79 Å². The molecular formula is C22H20N2O4. The summed E-state index contributed by atoms with van der Waals surface area (Å²) in [5, 5.41) is 9.26. The van der Waals surface area contributed by atoms with Crippen LogP contribution in [0.4, 0.5) is 5.69 Å². The molecule has 6 nitrogen and oxygen atoms in total. The van der Waals surface area contributed by atoms with Gasteiger partial charge in [0.05, 0.1) is 6.61 Å². The molecule has 1 heterocycles. The summed E-state index contributed by atoms with van der Waals surface area (Å²) >= 11 is 0. The van der Waals surface area contributed by atoms with Crippen molar-refractivity contribution in [1.82, 2.24) is 0 Å². The number of hydrogen-bond donors (Lipinski definition) is 0. The van der Waals surface area contributed by atoms with Crippen molar-refractivity contribution in [2.75, 3.05) is 24.7 Å². The predicted octanol–water partition coefficient (Wildman–Crippen LogP) is 3.12. The molecule has 0 unspecified atom stereocenters. The van der Waals surface area contributed by atoms with E-state index in [4.69, 9.17) is 9.47 Å². The minimum Gasteiger partial charge on any atom is -0.494 e. The molecule has 1 aliphatic heterocycles. The van der Waals surface area contributed by atoms with E-state index in [9.17, 15) is 14.9 Å². The van der Waals surface area contributed by atoms with Gasteiger partial charge in [-0.2, -0.15) is 5.26 Å². The highest BCUT2D eigenvalue weighted by Gasteiger charge is 2.25. The third kappa shape index (κ3) is 4.38. The van der Waals surface area contributed by atoms with E-state index in [0.717, 1.165) is 17.7 Å². The van der Waals surface area contributed by atoms with Crippen molar-refractivity contribution in [3.63, 3.8) is 0 Å². The first-order chi connectivity index (χ1) is 13.6. The van der Waals surface area contributed by atoms with Crippen LogP contribution in [0.15, 0.2) is 54.1 Å². The second-order valence-corrected chi connectivity index (χ2v) is 6.17. The number of esters is 1. The maximum Gasteiger partial charge on any atom is 0.349 e. The first-order valence-electron chi connectivity index (χ1n) is 9.02. The van der Waals surface area contributed by atoms with Crippen LogP contribution in [0.2, 0.25) is 0 Å². The van der Waals surface area contributed by atoms with Gasteiger partial charge < -0.3 is 14.4 Å². The summed E-state index contributed by atoms with van der Waals surface area (Å²) in [4.78, 5) is 26.2. The van der Waals surface area contributed by atoms with Crippen molar-refractivity contribution in [2.45, 2.75) is 13.3 Å². The molecule has 1 amide bonds. The van der Waals surface area contributed by atoms with Gasteiger partial charge in [0.25, 0.3) is 5.91 Å². The number of benzene rings is 2. The molecule has 0 spiro atoms. The Morgan fingerprint density at radius 2 is 1.93 bits per heavy atom. The molecule has 0 aromatic heterocycles. The zero-order valence-electron chi connectivity index (χ0n) is 15.6. The predicted molar refractivity (Wildman–Crippen MR) is 105 cm³/mol. The molecule has 0 radical (unpaired) electrons. The highest BCUT2D eigenvalue weighted by Crippen LogP contribution is 2.27. The number of amides is 1. The number of carbonyl (C=O) groups excluding carboxylic acids is 2. The van der Waals surface area contributed by atoms with E-state index in [-0.39, 0.29) is 11.5 Å². The highest BCUT2D eigenvalue weighted by atomic mass is 16.5. The smallest absolute Gasteiger partial charge is 0.349 e. The molecular weight excluding hydrogens is 356 g/mol. The number of ether oxygens (including phenoxy) is 2. The number of carbonyl (C=O) groups is 2. The van der Waals surface area contributed by atoms with E-state index in [2.05, 4.69) is 0 Å². The van der Waals surface area contributed by atoms with Crippen LogP contribution >= 0.6 is 0 Å². The van der Waals surface area contributed by atoms with Crippen LogP contribution < -0.4 is 9.64 Å². The van der Waals surface area contributed by atoms with Crippen molar-refractivity contribution in [2.24, 2.45) is 0 Å². The molecule has 2 aromatic carbocycles. The number of fused-ring (bicyclic) bond motifs is 1. The van der Waals surface area contributed by atoms with Crippen LogP contribution in [-0.4, -0.2) is 31.6 Å². The number of hydrogen-bond acceptors (Lipinski definition) is 5. The molecule has 142 valence electrons. The summed E-state index contributed by atoms with van der Waals surface area (Å²) in [5.41, 5.74) is 2.43. The fourth-order valence-corrected chi connectivity index (χ4v) is 3.01. The van der Waals surface area contributed by atoms with Crippen LogP contribution in [-0.2, 0) is 20.7 Å². The summed E-state index contributed by atoms with van der Waals surface area (Å²) in [6.45, 7) is 2.60. The average molecular weight is 376 g/mol. The Kier molecular flexibility index (Phi) is 6.07. The second-order valence-electron chi connectivity index (χ2n) is 6.17. The number of anilines is 1. The summed E-state index contributed by atoms with van der Waals surface area (Å²) in [7, 11) is 0. The Labute approximate surface area is 163 Å². The fraction of sp³-hybridized carbons (Fsp3) is 0.227. The minimum atomic E-state index is -0.822. The van der Waals surface area contributed by atoms with Crippen molar-refractivity contribution >= 4 is 23.6 Å². The molecule has 28 heavy (non-hydrogen) atoms. The first kappa shape index (κ1) is 19.2. The Morgan fingerprint density at radius 1 is 1.18 bits per heavy atom. The normalized spacial score (nSPS) is 12.9. The zero-order chi connectivity index (χ0) is 19.9. The quantitative estimate of drug-likeness (QED) is 0.440. The summed E-state index contributed by atoms with van der Waals surface area (Å²) in [5.74, 6) is -0.425. The lowest BCUT2D eigenvalue weighted by molar-refractivity contribution is -0.143. The molecule has 2 aromatic rings. The molecule has 3 rings (SSSR count). The lowest BCUT2D eigenvalue weighted by Crippen LogP contribution is -2.33. The SMILES string of the molecule is CCOc1ccc(/C=C(\C#N)C(=O)OCC(=O)N2CCc3ccccc32)cc1. The van der Waals surface area contributed by atoms with E-state index in [1.807, 2.05) is 37.3 Å². The number of rotatable bonds is 6. The van der Waals surface area contributed by atoms with Gasteiger partial charge in [0, 0.05) is 12.2 Å². The third-order valence-electron chi connectivity index (χ3n) is 4.36. The van der Waals surface area contributed by atoms with Crippen LogP contribution in [0.3, 0.4) is 0 Å². The van der Waals surface area contributed by atoms with Gasteiger partial charge in [-0.3, -0.25) is 4.79 Å². The van der Waals surface area contributed by atoms with Crippen LogP contribution in [0.5, 0.6) is 5.75 Å². The summed E-state index contributed by atoms with van der Waals surface area (Å²) in [6.07, 6.45) is 2.20. The van der Waals surface area contributed by atoms with Crippen LogP contribution in [0, 0.1) is 11.3 Å². The maximum absolute atomic E-state index is 12.4. The highest BCUT2D eigenvalue weighted by molar-refractivity contribution is 6.01. The Bertz CT molecular complexity index is 942. The van der Waals surface area contributed by atoms with Gasteiger partial charge >= 0.3 is 5.97 Å². The van der Waals surface area contributed by atoms with Gasteiger partial charge in [-0.15, -0.1) is 0 Å². The van der Waals surface area contributed by atoms with E-state index in [1.54, 1.807) is 29.2 Å². The molecule has 6 heteroatoms. The van der Waals surface area contributed by atoms with Crippen LogP contribution in [0.1, 0.15) is 18.1 Å². The molecule has 0 saturated heterocycles. The van der Waals surface area contributed by atoms with Gasteiger partial charge in [0.1, 0.15) is 17.4 Å². The van der Waals surface area contributed by atoms with Crippen molar-refractivity contribution in [3.05, 3.63) is 65.2 Å². The zero-order valence-corrected chi connectivity index (χ0v) is 15.6. The Morgan fingerprint density at radius 3 is 2.64 bits per heavy atom. The molecule has 0 aliphatic carbocycles. The van der Waals surface area contributed by atoms with E-state index >= 15 is 0 Å². The molecule has 0 fully saturated rings. The lowest BCUT2D eigenvalue weighted by atomic mass is 10.1. The van der Waals surface area contributed by atoms with E-state index in [0.29, 0.717) is 24.5 Å². The van der Waals surface area contributed by atoms with Crippen LogP contribution in [0.25, 0.3) is 6.08 Å². The summed E-state index contributed by atoms with van der Waals surface area (Å²) < 4.78 is 10.4. The topological polar surface area (TPSA) is 79.6 Å². The van der Waals surface area contributed by atoms with E-state index in [1.165, 1.54) is 6.08 Å². The molecule has 0 N–H and O–H groups in total. The number of para-hydroxylation sites is 1. The maximum atomic E-state index is 12.4. The van der Waals surface area contributed by atoms with Gasteiger partial charge in [0.2, 0.25) is 0 Å². The minimum absolute atomic E-state index is 0.168. The Hall–Kier alpha value is -3.59. The van der Waals surface area contributed by atoms with Gasteiger partial charge in [-0.1, -0.05) is 30.3 Å².